The number of sulfonamides is 1. The van der Waals surface area contributed by atoms with E-state index in [0.717, 1.165) is 31.0 Å². The van der Waals surface area contributed by atoms with Gasteiger partial charge in [0.2, 0.25) is 11.8 Å². The van der Waals surface area contributed by atoms with Crippen LogP contribution in [0.3, 0.4) is 0 Å². The number of aryl methyl sites for hydroxylation is 2. The number of carbonyl (C=O) groups is 2. The maximum atomic E-state index is 14.5. The van der Waals surface area contributed by atoms with Gasteiger partial charge < -0.3 is 10.2 Å². The standard InChI is InChI=1S/C35H37BrClN3O4S/c1-24(2)38-35(42)33(20-27-9-6-5-7-10-27)39(22-28-11-8-12-29(36)19-28)34(41)23-40(30-16-15-26(4)32(37)21-30)45(43,44)31-17-13-25(3)14-18-31/h5-19,21,24,33H,20,22-23H2,1-4H3,(H,38,42). The highest BCUT2D eigenvalue weighted by molar-refractivity contribution is 9.10. The second-order valence-electron chi connectivity index (χ2n) is 11.3. The summed E-state index contributed by atoms with van der Waals surface area (Å²) in [5.41, 5.74) is 3.55. The monoisotopic (exact) mass is 709 g/mol. The predicted octanol–water partition coefficient (Wildman–Crippen LogP) is 7.08. The Labute approximate surface area is 279 Å². The van der Waals surface area contributed by atoms with Gasteiger partial charge in [-0.25, -0.2) is 8.42 Å². The van der Waals surface area contributed by atoms with Gasteiger partial charge in [-0.15, -0.1) is 0 Å². The average Bonchev–Trinajstić information content (AvgIpc) is 2.99. The maximum absolute atomic E-state index is 14.5. The lowest BCUT2D eigenvalue weighted by atomic mass is 10.0. The molecule has 0 aliphatic carbocycles. The second-order valence-corrected chi connectivity index (χ2v) is 14.5. The van der Waals surface area contributed by atoms with Crippen LogP contribution in [-0.2, 0) is 32.6 Å². The van der Waals surface area contributed by atoms with Crippen LogP contribution in [0.25, 0.3) is 0 Å². The first kappa shape index (κ1) is 34.2. The van der Waals surface area contributed by atoms with Crippen molar-refractivity contribution < 1.29 is 18.0 Å². The van der Waals surface area contributed by atoms with Gasteiger partial charge in [-0.1, -0.05) is 93.8 Å². The maximum Gasteiger partial charge on any atom is 0.264 e. The normalized spacial score (nSPS) is 12.1. The van der Waals surface area contributed by atoms with Gasteiger partial charge in [0.15, 0.2) is 0 Å². The number of carbonyl (C=O) groups excluding carboxylic acids is 2. The number of nitrogens with one attached hydrogen (secondary N) is 1. The zero-order valence-corrected chi connectivity index (χ0v) is 28.9. The molecule has 0 fully saturated rings. The molecule has 10 heteroatoms. The van der Waals surface area contributed by atoms with Crippen molar-refractivity contribution in [1.29, 1.82) is 0 Å². The fourth-order valence-corrected chi connectivity index (χ4v) is 6.90. The van der Waals surface area contributed by atoms with Crippen LogP contribution < -0.4 is 9.62 Å². The predicted molar refractivity (Wildman–Crippen MR) is 184 cm³/mol. The Balaban J connectivity index is 1.82. The van der Waals surface area contributed by atoms with E-state index in [1.165, 1.54) is 17.0 Å². The summed E-state index contributed by atoms with van der Waals surface area (Å²) in [4.78, 5) is 29.8. The molecule has 1 atom stereocenters. The van der Waals surface area contributed by atoms with Crippen LogP contribution >= 0.6 is 27.5 Å². The van der Waals surface area contributed by atoms with Crippen molar-refractivity contribution in [3.05, 3.63) is 129 Å². The van der Waals surface area contributed by atoms with E-state index in [2.05, 4.69) is 21.2 Å². The fraction of sp³-hybridized carbons (Fsp3) is 0.257. The third kappa shape index (κ3) is 8.96. The third-order valence-electron chi connectivity index (χ3n) is 7.28. The van der Waals surface area contributed by atoms with Crippen molar-refractivity contribution in [1.82, 2.24) is 10.2 Å². The third-order valence-corrected chi connectivity index (χ3v) is 9.96. The number of hydrogen-bond acceptors (Lipinski definition) is 4. The molecule has 2 amide bonds. The molecular weight excluding hydrogens is 674 g/mol. The van der Waals surface area contributed by atoms with Gasteiger partial charge in [0.1, 0.15) is 12.6 Å². The SMILES string of the molecule is Cc1ccc(S(=O)(=O)N(CC(=O)N(Cc2cccc(Br)c2)C(Cc2ccccc2)C(=O)NC(C)C)c2ccc(C)c(Cl)c2)cc1. The van der Waals surface area contributed by atoms with Gasteiger partial charge in [0.05, 0.1) is 10.6 Å². The van der Waals surface area contributed by atoms with Gasteiger partial charge in [0, 0.05) is 28.5 Å². The number of amides is 2. The van der Waals surface area contributed by atoms with Crippen LogP contribution in [0.5, 0.6) is 0 Å². The first-order chi connectivity index (χ1) is 21.3. The molecule has 0 heterocycles. The lowest BCUT2D eigenvalue weighted by Gasteiger charge is -2.34. The number of benzene rings is 4. The molecule has 7 nitrogen and oxygen atoms in total. The molecule has 1 unspecified atom stereocenters. The highest BCUT2D eigenvalue weighted by atomic mass is 79.9. The summed E-state index contributed by atoms with van der Waals surface area (Å²) in [6, 6.07) is 27.2. The first-order valence-electron chi connectivity index (χ1n) is 14.6. The van der Waals surface area contributed by atoms with Gasteiger partial charge >= 0.3 is 0 Å². The Morgan fingerprint density at radius 2 is 1.53 bits per heavy atom. The molecule has 1 N–H and O–H groups in total. The van der Waals surface area contributed by atoms with Gasteiger partial charge in [-0.3, -0.25) is 13.9 Å². The molecule has 0 bridgehead atoms. The molecule has 4 aromatic carbocycles. The lowest BCUT2D eigenvalue weighted by Crippen LogP contribution is -2.54. The Hall–Kier alpha value is -3.66. The van der Waals surface area contributed by atoms with E-state index in [1.54, 1.807) is 30.3 Å². The Morgan fingerprint density at radius 1 is 0.867 bits per heavy atom. The summed E-state index contributed by atoms with van der Waals surface area (Å²) in [6.07, 6.45) is 0.236. The minimum absolute atomic E-state index is 0.0366. The van der Waals surface area contributed by atoms with E-state index in [0.29, 0.717) is 5.02 Å². The minimum Gasteiger partial charge on any atom is -0.352 e. The number of nitrogens with zero attached hydrogens (tertiary/aromatic N) is 2. The number of hydrogen-bond donors (Lipinski definition) is 1. The largest absolute Gasteiger partial charge is 0.352 e. The average molecular weight is 711 g/mol. The first-order valence-corrected chi connectivity index (χ1v) is 17.2. The molecule has 0 saturated heterocycles. The molecule has 0 aliphatic heterocycles. The van der Waals surface area contributed by atoms with E-state index in [4.69, 9.17) is 11.6 Å². The smallest absolute Gasteiger partial charge is 0.264 e. The van der Waals surface area contributed by atoms with Crippen molar-refractivity contribution in [2.75, 3.05) is 10.8 Å². The molecule has 0 aliphatic rings. The summed E-state index contributed by atoms with van der Waals surface area (Å²) >= 11 is 9.95. The quantitative estimate of drug-likeness (QED) is 0.170. The molecule has 236 valence electrons. The number of halogens is 2. The van der Waals surface area contributed by atoms with E-state index in [-0.39, 0.29) is 35.5 Å². The summed E-state index contributed by atoms with van der Waals surface area (Å²) in [5.74, 6) is -0.870. The highest BCUT2D eigenvalue weighted by Gasteiger charge is 2.35. The molecule has 4 rings (SSSR count). The van der Waals surface area contributed by atoms with Crippen LogP contribution in [0.2, 0.25) is 5.02 Å². The van der Waals surface area contributed by atoms with Crippen LogP contribution in [-0.4, -0.2) is 43.8 Å². The lowest BCUT2D eigenvalue weighted by molar-refractivity contribution is -0.140. The van der Waals surface area contributed by atoms with Gasteiger partial charge in [-0.2, -0.15) is 0 Å². The van der Waals surface area contributed by atoms with Crippen molar-refractivity contribution in [3.63, 3.8) is 0 Å². The van der Waals surface area contributed by atoms with Crippen LogP contribution in [0.15, 0.2) is 106 Å². The molecule has 0 spiro atoms. The molecule has 0 radical (unpaired) electrons. The van der Waals surface area contributed by atoms with E-state index < -0.39 is 28.5 Å². The van der Waals surface area contributed by atoms with Crippen molar-refractivity contribution in [2.45, 2.75) is 57.6 Å². The number of rotatable bonds is 12. The van der Waals surface area contributed by atoms with Crippen LogP contribution in [0.4, 0.5) is 5.69 Å². The Bertz CT molecular complexity index is 1750. The molecule has 0 saturated carbocycles. The van der Waals surface area contributed by atoms with Gasteiger partial charge in [-0.05, 0) is 80.8 Å². The van der Waals surface area contributed by atoms with Crippen LogP contribution in [0, 0.1) is 13.8 Å². The highest BCUT2D eigenvalue weighted by Crippen LogP contribution is 2.29. The Kier molecular flexibility index (Phi) is 11.5. The summed E-state index contributed by atoms with van der Waals surface area (Å²) in [7, 11) is -4.21. The molecule has 0 aromatic heterocycles. The zero-order valence-electron chi connectivity index (χ0n) is 25.7. The molecule has 4 aromatic rings. The van der Waals surface area contributed by atoms with Crippen molar-refractivity contribution in [2.24, 2.45) is 0 Å². The van der Waals surface area contributed by atoms with E-state index in [9.17, 15) is 18.0 Å². The zero-order chi connectivity index (χ0) is 32.7. The van der Waals surface area contributed by atoms with E-state index in [1.807, 2.05) is 82.3 Å². The van der Waals surface area contributed by atoms with Crippen molar-refractivity contribution >= 4 is 55.1 Å². The Morgan fingerprint density at radius 3 is 2.16 bits per heavy atom. The number of anilines is 1. The molecule has 45 heavy (non-hydrogen) atoms. The summed E-state index contributed by atoms with van der Waals surface area (Å²) in [5, 5.41) is 3.33. The van der Waals surface area contributed by atoms with Gasteiger partial charge in [0.25, 0.3) is 10.0 Å². The molecular formula is C35H37BrClN3O4S. The fourth-order valence-electron chi connectivity index (χ4n) is 4.87. The second kappa shape index (κ2) is 15.1. The topological polar surface area (TPSA) is 86.8 Å². The van der Waals surface area contributed by atoms with Crippen molar-refractivity contribution in [3.8, 4) is 0 Å². The summed E-state index contributed by atoms with van der Waals surface area (Å²) in [6.45, 7) is 6.92. The van der Waals surface area contributed by atoms with E-state index >= 15 is 0 Å². The minimum atomic E-state index is -4.21. The van der Waals surface area contributed by atoms with Crippen LogP contribution in [0.1, 0.15) is 36.1 Å². The summed E-state index contributed by atoms with van der Waals surface area (Å²) < 4.78 is 30.2.